The highest BCUT2D eigenvalue weighted by molar-refractivity contribution is 7.14. The lowest BCUT2D eigenvalue weighted by Crippen LogP contribution is -2.08. The van der Waals surface area contributed by atoms with Crippen molar-refractivity contribution in [2.45, 2.75) is 0 Å². The molecule has 0 amide bonds. The van der Waals surface area contributed by atoms with Gasteiger partial charge in [0.2, 0.25) is 5.13 Å². The van der Waals surface area contributed by atoms with Gasteiger partial charge in [-0.1, -0.05) is 54.6 Å². The van der Waals surface area contributed by atoms with E-state index in [0.717, 1.165) is 22.0 Å². The van der Waals surface area contributed by atoms with Crippen molar-refractivity contribution in [2.24, 2.45) is 5.10 Å². The predicted octanol–water partition coefficient (Wildman–Crippen LogP) is 5.48. The Kier molecular flexibility index (Phi) is 4.85. The van der Waals surface area contributed by atoms with Gasteiger partial charge in [0.15, 0.2) is 0 Å². The number of aromatic nitrogens is 1. The van der Waals surface area contributed by atoms with Crippen molar-refractivity contribution in [3.63, 3.8) is 0 Å². The van der Waals surface area contributed by atoms with Gasteiger partial charge in [0.1, 0.15) is 0 Å². The Morgan fingerprint density at radius 3 is 2.56 bits per heavy atom. The Hall–Kier alpha value is -3.18. The van der Waals surface area contributed by atoms with E-state index in [1.54, 1.807) is 17.6 Å². The van der Waals surface area contributed by atoms with Gasteiger partial charge in [0.05, 0.1) is 11.9 Å². The molecule has 27 heavy (non-hydrogen) atoms. The van der Waals surface area contributed by atoms with Crippen LogP contribution in [0.5, 0.6) is 0 Å². The highest BCUT2D eigenvalue weighted by Crippen LogP contribution is 2.30. The van der Waals surface area contributed by atoms with Gasteiger partial charge in [0.25, 0.3) is 0 Å². The van der Waals surface area contributed by atoms with Crippen molar-refractivity contribution in [2.75, 3.05) is 24.4 Å². The van der Waals surface area contributed by atoms with E-state index in [1.807, 2.05) is 26.2 Å². The zero-order chi connectivity index (χ0) is 18.6. The molecule has 5 heteroatoms. The summed E-state index contributed by atoms with van der Waals surface area (Å²) in [4.78, 5) is 6.76. The Morgan fingerprint density at radius 1 is 0.963 bits per heavy atom. The summed E-state index contributed by atoms with van der Waals surface area (Å²) in [6.07, 6.45) is 1.80. The van der Waals surface area contributed by atoms with Gasteiger partial charge in [-0.2, -0.15) is 5.10 Å². The molecule has 0 unspecified atom stereocenters. The largest absolute Gasteiger partial charge is 0.378 e. The highest BCUT2D eigenvalue weighted by Gasteiger charge is 2.07. The maximum absolute atomic E-state index is 4.69. The quantitative estimate of drug-likeness (QED) is 0.373. The highest BCUT2D eigenvalue weighted by atomic mass is 32.1. The molecule has 0 aliphatic carbocycles. The summed E-state index contributed by atoms with van der Waals surface area (Å²) in [5.41, 5.74) is 7.34. The Morgan fingerprint density at radius 2 is 1.74 bits per heavy atom. The smallest absolute Gasteiger partial charge is 0.203 e. The predicted molar refractivity (Wildman–Crippen MR) is 117 cm³/mol. The van der Waals surface area contributed by atoms with E-state index >= 15 is 0 Å². The minimum absolute atomic E-state index is 0.777. The average Bonchev–Trinajstić information content (AvgIpc) is 3.16. The van der Waals surface area contributed by atoms with E-state index < -0.39 is 0 Å². The lowest BCUT2D eigenvalue weighted by atomic mass is 10.0. The molecule has 134 valence electrons. The fourth-order valence-corrected chi connectivity index (χ4v) is 3.58. The van der Waals surface area contributed by atoms with E-state index in [-0.39, 0.29) is 0 Å². The SMILES string of the molecule is CN(C)c1ccc(C=NNc2nc(-c3cccc4ccccc34)cs2)cc1. The zero-order valence-electron chi connectivity index (χ0n) is 15.3. The van der Waals surface area contributed by atoms with Crippen molar-refractivity contribution >= 4 is 39.1 Å². The number of nitrogens with one attached hydrogen (secondary N) is 1. The van der Waals surface area contributed by atoms with Crippen molar-refractivity contribution in [3.05, 3.63) is 77.7 Å². The van der Waals surface area contributed by atoms with Gasteiger partial charge in [0, 0.05) is 30.7 Å². The van der Waals surface area contributed by atoms with Crippen molar-refractivity contribution in [1.29, 1.82) is 0 Å². The number of fused-ring (bicyclic) bond motifs is 1. The van der Waals surface area contributed by atoms with Gasteiger partial charge in [-0.25, -0.2) is 4.98 Å². The number of benzene rings is 3. The van der Waals surface area contributed by atoms with E-state index in [1.165, 1.54) is 16.5 Å². The van der Waals surface area contributed by atoms with Crippen LogP contribution in [-0.4, -0.2) is 25.3 Å². The van der Waals surface area contributed by atoms with Gasteiger partial charge in [-0.3, -0.25) is 5.43 Å². The number of anilines is 2. The van der Waals surface area contributed by atoms with E-state index in [4.69, 9.17) is 0 Å². The zero-order valence-corrected chi connectivity index (χ0v) is 16.1. The summed E-state index contributed by atoms with van der Waals surface area (Å²) < 4.78 is 0. The fourth-order valence-electron chi connectivity index (χ4n) is 2.92. The molecule has 0 saturated carbocycles. The Balaban J connectivity index is 1.49. The van der Waals surface area contributed by atoms with Crippen LogP contribution in [0.25, 0.3) is 22.0 Å². The summed E-state index contributed by atoms with van der Waals surface area (Å²) in [7, 11) is 4.06. The summed E-state index contributed by atoms with van der Waals surface area (Å²) in [6, 6.07) is 22.9. The fraction of sp³-hybridized carbons (Fsp3) is 0.0909. The number of thiazole rings is 1. The molecule has 1 N–H and O–H groups in total. The molecule has 1 heterocycles. The molecule has 0 radical (unpaired) electrons. The molecule has 0 aliphatic rings. The molecule has 1 aromatic heterocycles. The molecule has 0 saturated heterocycles. The van der Waals surface area contributed by atoms with Crippen molar-refractivity contribution in [3.8, 4) is 11.3 Å². The van der Waals surface area contributed by atoms with Gasteiger partial charge in [-0.15, -0.1) is 11.3 Å². The third-order valence-electron chi connectivity index (χ3n) is 4.35. The molecular weight excluding hydrogens is 352 g/mol. The van der Waals surface area contributed by atoms with Crippen LogP contribution in [0.3, 0.4) is 0 Å². The van der Waals surface area contributed by atoms with E-state index in [2.05, 4.69) is 80.4 Å². The first-order chi connectivity index (χ1) is 13.2. The van der Waals surface area contributed by atoms with Gasteiger partial charge < -0.3 is 4.90 Å². The molecule has 4 nitrogen and oxygen atoms in total. The summed E-state index contributed by atoms with van der Waals surface area (Å²) in [5.74, 6) is 0. The number of rotatable bonds is 5. The molecule has 0 bridgehead atoms. The Bertz CT molecular complexity index is 1080. The second-order valence-electron chi connectivity index (χ2n) is 6.42. The molecule has 0 spiro atoms. The standard InChI is InChI=1S/C22H20N4S/c1-26(2)18-12-10-16(11-13-18)14-23-25-22-24-21(15-27-22)20-9-5-7-17-6-3-4-8-19(17)20/h3-15H,1-2H3,(H,24,25). The second kappa shape index (κ2) is 7.60. The van der Waals surface area contributed by atoms with Crippen LogP contribution in [0.4, 0.5) is 10.8 Å². The second-order valence-corrected chi connectivity index (χ2v) is 7.28. The third kappa shape index (κ3) is 3.83. The minimum Gasteiger partial charge on any atom is -0.378 e. The number of hydrogen-bond donors (Lipinski definition) is 1. The monoisotopic (exact) mass is 372 g/mol. The third-order valence-corrected chi connectivity index (χ3v) is 5.10. The van der Waals surface area contributed by atoms with Crippen LogP contribution in [0.15, 0.2) is 77.2 Å². The van der Waals surface area contributed by atoms with Crippen LogP contribution in [0.2, 0.25) is 0 Å². The average molecular weight is 372 g/mol. The maximum Gasteiger partial charge on any atom is 0.203 e. The van der Waals surface area contributed by atoms with Gasteiger partial charge >= 0.3 is 0 Å². The topological polar surface area (TPSA) is 40.5 Å². The molecule has 0 aliphatic heterocycles. The minimum atomic E-state index is 0.777. The lowest BCUT2D eigenvalue weighted by Gasteiger charge is -2.11. The number of hydrazone groups is 1. The Labute approximate surface area is 162 Å². The molecule has 0 fully saturated rings. The van der Waals surface area contributed by atoms with Crippen LogP contribution >= 0.6 is 11.3 Å². The molecule has 0 atom stereocenters. The van der Waals surface area contributed by atoms with E-state index in [0.29, 0.717) is 0 Å². The lowest BCUT2D eigenvalue weighted by molar-refractivity contribution is 1.13. The first kappa shape index (κ1) is 17.2. The molecule has 4 aromatic rings. The molecule has 4 rings (SSSR count). The number of nitrogens with zero attached hydrogens (tertiary/aromatic N) is 3. The van der Waals surface area contributed by atoms with Crippen LogP contribution in [0, 0.1) is 0 Å². The van der Waals surface area contributed by atoms with Crippen molar-refractivity contribution < 1.29 is 0 Å². The van der Waals surface area contributed by atoms with Gasteiger partial charge in [-0.05, 0) is 28.5 Å². The summed E-state index contributed by atoms with van der Waals surface area (Å²) in [5, 5.41) is 9.58. The maximum atomic E-state index is 4.69. The first-order valence-electron chi connectivity index (χ1n) is 8.71. The van der Waals surface area contributed by atoms with E-state index in [9.17, 15) is 0 Å². The van der Waals surface area contributed by atoms with Crippen LogP contribution < -0.4 is 10.3 Å². The normalized spacial score (nSPS) is 11.2. The molecule has 3 aromatic carbocycles. The number of hydrogen-bond acceptors (Lipinski definition) is 5. The van der Waals surface area contributed by atoms with Crippen LogP contribution in [-0.2, 0) is 0 Å². The summed E-state index contributed by atoms with van der Waals surface area (Å²) in [6.45, 7) is 0. The summed E-state index contributed by atoms with van der Waals surface area (Å²) >= 11 is 1.55. The molecular formula is C22H20N4S. The van der Waals surface area contributed by atoms with Crippen molar-refractivity contribution in [1.82, 2.24) is 4.98 Å². The first-order valence-corrected chi connectivity index (χ1v) is 9.59. The van der Waals surface area contributed by atoms with Crippen LogP contribution in [0.1, 0.15) is 5.56 Å².